The molecule has 140 valence electrons. The molecule has 0 N–H and O–H groups in total. The van der Waals surface area contributed by atoms with Crippen molar-refractivity contribution in [3.8, 4) is 0 Å². The molecule has 0 atom stereocenters. The molecule has 0 bridgehead atoms. The Kier molecular flexibility index (Phi) is 4.99. The normalized spacial score (nSPS) is 14.7. The number of carbonyl (C=O) groups is 1. The van der Waals surface area contributed by atoms with E-state index in [4.69, 9.17) is 11.6 Å². The summed E-state index contributed by atoms with van der Waals surface area (Å²) in [4.78, 5) is 16.4. The van der Waals surface area contributed by atoms with Crippen molar-refractivity contribution in [3.63, 3.8) is 0 Å². The maximum atomic E-state index is 13.9. The monoisotopic (exact) mass is 386 g/mol. The molecule has 0 saturated carbocycles. The first-order valence-corrected chi connectivity index (χ1v) is 9.38. The van der Waals surface area contributed by atoms with E-state index in [1.807, 2.05) is 38.7 Å². The summed E-state index contributed by atoms with van der Waals surface area (Å²) in [6.07, 6.45) is 2.15. The van der Waals surface area contributed by atoms with E-state index < -0.39 is 0 Å². The number of hydrogen-bond donors (Lipinski definition) is 0. The number of fused-ring (bicyclic) bond motifs is 1. The summed E-state index contributed by atoms with van der Waals surface area (Å²) in [5.41, 5.74) is 1.57. The summed E-state index contributed by atoms with van der Waals surface area (Å²) in [5.74, 6) is -0.122. The molecule has 0 spiro atoms. The zero-order valence-electron chi connectivity index (χ0n) is 14.8. The zero-order chi connectivity index (χ0) is 18.8. The third kappa shape index (κ3) is 3.76. The average molecular weight is 387 g/mol. The van der Waals surface area contributed by atoms with Crippen molar-refractivity contribution in [1.82, 2.24) is 14.7 Å². The summed E-state index contributed by atoms with van der Waals surface area (Å²) in [5, 5.41) is 5.99. The second-order valence-corrected chi connectivity index (χ2v) is 7.08. The van der Waals surface area contributed by atoms with Gasteiger partial charge in [-0.25, -0.2) is 4.39 Å². The summed E-state index contributed by atoms with van der Waals surface area (Å²) in [6, 6.07) is 12.4. The highest BCUT2D eigenvalue weighted by atomic mass is 35.5. The molecule has 1 saturated heterocycles. The topological polar surface area (TPSA) is 41.4 Å². The van der Waals surface area contributed by atoms with E-state index in [-0.39, 0.29) is 11.7 Å². The van der Waals surface area contributed by atoms with Crippen molar-refractivity contribution >= 4 is 34.1 Å². The van der Waals surface area contributed by atoms with Crippen LogP contribution >= 0.6 is 11.6 Å². The fraction of sp³-hybridized carbons (Fsp3) is 0.300. The number of para-hydroxylation sites is 1. The van der Waals surface area contributed by atoms with Crippen LogP contribution in [0.1, 0.15) is 6.42 Å². The van der Waals surface area contributed by atoms with Crippen molar-refractivity contribution in [3.05, 3.63) is 59.5 Å². The van der Waals surface area contributed by atoms with E-state index >= 15 is 0 Å². The Hall–Kier alpha value is -2.60. The Morgan fingerprint density at radius 2 is 1.89 bits per heavy atom. The number of carbonyl (C=O) groups excluding carboxylic acids is 1. The Balaban J connectivity index is 1.34. The number of anilines is 1. The number of halogens is 2. The van der Waals surface area contributed by atoms with Gasteiger partial charge >= 0.3 is 0 Å². The molecule has 27 heavy (non-hydrogen) atoms. The van der Waals surface area contributed by atoms with Crippen LogP contribution in [0.25, 0.3) is 10.9 Å². The number of piperazine rings is 1. The molecule has 4 rings (SSSR count). The van der Waals surface area contributed by atoms with Crippen LogP contribution in [-0.2, 0) is 11.3 Å². The quantitative estimate of drug-likeness (QED) is 0.688. The van der Waals surface area contributed by atoms with Gasteiger partial charge in [-0.1, -0.05) is 23.7 Å². The first-order chi connectivity index (χ1) is 13.1. The third-order valence-electron chi connectivity index (χ3n) is 4.97. The van der Waals surface area contributed by atoms with Crippen LogP contribution in [0.3, 0.4) is 0 Å². The summed E-state index contributed by atoms with van der Waals surface area (Å²) >= 11 is 6.00. The molecular weight excluding hydrogens is 367 g/mol. The number of nitrogens with zero attached hydrogens (tertiary/aromatic N) is 4. The smallest absolute Gasteiger partial charge is 0.224 e. The Morgan fingerprint density at radius 3 is 2.67 bits per heavy atom. The number of aryl methyl sites for hydroxylation is 1. The number of rotatable bonds is 4. The average Bonchev–Trinajstić information content (AvgIpc) is 3.08. The number of hydrogen-bond acceptors (Lipinski definition) is 3. The maximum absolute atomic E-state index is 13.9. The van der Waals surface area contributed by atoms with E-state index in [1.54, 1.807) is 18.3 Å². The lowest BCUT2D eigenvalue weighted by Crippen LogP contribution is -2.49. The van der Waals surface area contributed by atoms with Gasteiger partial charge < -0.3 is 9.80 Å². The fourth-order valence-corrected chi connectivity index (χ4v) is 3.68. The predicted octanol–water partition coefficient (Wildman–Crippen LogP) is 3.57. The van der Waals surface area contributed by atoms with E-state index in [0.29, 0.717) is 49.9 Å². The summed E-state index contributed by atoms with van der Waals surface area (Å²) in [6.45, 7) is 2.99. The molecule has 1 aliphatic heterocycles. The third-order valence-corrected chi connectivity index (χ3v) is 5.20. The molecular formula is C20H20ClFN4O. The van der Waals surface area contributed by atoms with Gasteiger partial charge in [-0.3, -0.25) is 9.48 Å². The second-order valence-electron chi connectivity index (χ2n) is 6.64. The van der Waals surface area contributed by atoms with Gasteiger partial charge in [-0.05, 0) is 30.3 Å². The highest BCUT2D eigenvalue weighted by Gasteiger charge is 2.22. The number of benzene rings is 2. The van der Waals surface area contributed by atoms with Crippen molar-refractivity contribution in [2.75, 3.05) is 31.1 Å². The van der Waals surface area contributed by atoms with Gasteiger partial charge in [0.1, 0.15) is 5.82 Å². The molecule has 3 aromatic rings. The molecule has 1 amide bonds. The number of aromatic nitrogens is 2. The molecule has 5 nitrogen and oxygen atoms in total. The minimum Gasteiger partial charge on any atom is -0.366 e. The van der Waals surface area contributed by atoms with Gasteiger partial charge in [0.25, 0.3) is 0 Å². The Bertz CT molecular complexity index is 966. The van der Waals surface area contributed by atoms with Crippen LogP contribution in [0.15, 0.2) is 48.7 Å². The van der Waals surface area contributed by atoms with Gasteiger partial charge in [-0.15, -0.1) is 0 Å². The first kappa shape index (κ1) is 17.8. The molecule has 7 heteroatoms. The molecule has 0 aliphatic carbocycles. The molecule has 1 aromatic heterocycles. The van der Waals surface area contributed by atoms with Gasteiger partial charge in [0.2, 0.25) is 5.91 Å². The lowest BCUT2D eigenvalue weighted by Gasteiger charge is -2.36. The van der Waals surface area contributed by atoms with Crippen molar-refractivity contribution < 1.29 is 9.18 Å². The molecule has 2 aromatic carbocycles. The molecule has 0 radical (unpaired) electrons. The highest BCUT2D eigenvalue weighted by molar-refractivity contribution is 6.31. The predicted molar refractivity (Wildman–Crippen MR) is 105 cm³/mol. The lowest BCUT2D eigenvalue weighted by atomic mass is 10.2. The van der Waals surface area contributed by atoms with Crippen LogP contribution < -0.4 is 4.90 Å². The molecule has 2 heterocycles. The van der Waals surface area contributed by atoms with Crippen LogP contribution in [0.5, 0.6) is 0 Å². The standard InChI is InChI=1S/C20H20ClFN4O/c21-16-5-6-18-15(13-16)14-23-26(18)8-7-20(27)25-11-9-24(10-12-25)19-4-2-1-3-17(19)22/h1-6,13-14H,7-12H2. The van der Waals surface area contributed by atoms with Gasteiger partial charge in [-0.2, -0.15) is 5.10 Å². The van der Waals surface area contributed by atoms with Crippen LogP contribution in [0, 0.1) is 5.82 Å². The van der Waals surface area contributed by atoms with Crippen LogP contribution in [0.4, 0.5) is 10.1 Å². The van der Waals surface area contributed by atoms with Gasteiger partial charge in [0, 0.05) is 43.0 Å². The Morgan fingerprint density at radius 1 is 1.11 bits per heavy atom. The molecule has 1 aliphatic rings. The Labute approximate surface area is 161 Å². The fourth-order valence-electron chi connectivity index (χ4n) is 3.50. The van der Waals surface area contributed by atoms with Crippen molar-refractivity contribution in [1.29, 1.82) is 0 Å². The van der Waals surface area contributed by atoms with Crippen molar-refractivity contribution in [2.24, 2.45) is 0 Å². The lowest BCUT2D eigenvalue weighted by molar-refractivity contribution is -0.131. The number of amides is 1. The zero-order valence-corrected chi connectivity index (χ0v) is 15.6. The van der Waals surface area contributed by atoms with Crippen molar-refractivity contribution in [2.45, 2.75) is 13.0 Å². The molecule has 1 fully saturated rings. The summed E-state index contributed by atoms with van der Waals surface area (Å²) in [7, 11) is 0. The minimum atomic E-state index is -0.219. The largest absolute Gasteiger partial charge is 0.366 e. The first-order valence-electron chi connectivity index (χ1n) is 9.00. The van der Waals surface area contributed by atoms with Crippen LogP contribution in [-0.4, -0.2) is 46.8 Å². The van der Waals surface area contributed by atoms with E-state index in [0.717, 1.165) is 10.9 Å². The maximum Gasteiger partial charge on any atom is 0.224 e. The van der Waals surface area contributed by atoms with E-state index in [9.17, 15) is 9.18 Å². The van der Waals surface area contributed by atoms with E-state index in [1.165, 1.54) is 6.07 Å². The second kappa shape index (κ2) is 7.56. The van der Waals surface area contributed by atoms with Gasteiger partial charge in [0.05, 0.1) is 23.9 Å². The summed E-state index contributed by atoms with van der Waals surface area (Å²) < 4.78 is 15.8. The minimum absolute atomic E-state index is 0.0980. The SMILES string of the molecule is O=C(CCn1ncc2cc(Cl)ccc21)N1CCN(c2ccccc2F)CC1. The molecule has 0 unspecified atom stereocenters. The van der Waals surface area contributed by atoms with Crippen LogP contribution in [0.2, 0.25) is 5.02 Å². The highest BCUT2D eigenvalue weighted by Crippen LogP contribution is 2.21. The van der Waals surface area contributed by atoms with E-state index in [2.05, 4.69) is 5.10 Å². The van der Waals surface area contributed by atoms with Gasteiger partial charge in [0.15, 0.2) is 0 Å².